The molecule has 1 heterocycles. The summed E-state index contributed by atoms with van der Waals surface area (Å²) < 4.78 is 0. The lowest BCUT2D eigenvalue weighted by molar-refractivity contribution is 0.0957. The van der Waals surface area contributed by atoms with E-state index in [1.54, 1.807) is 36.4 Å². The van der Waals surface area contributed by atoms with Crippen LogP contribution in [0.3, 0.4) is 0 Å². The molecule has 0 saturated carbocycles. The van der Waals surface area contributed by atoms with Crippen molar-refractivity contribution in [2.75, 3.05) is 12.4 Å². The smallest absolute Gasteiger partial charge is 0.271 e. The highest BCUT2D eigenvalue weighted by molar-refractivity contribution is 6.30. The van der Waals surface area contributed by atoms with Crippen molar-refractivity contribution in [3.63, 3.8) is 0 Å². The van der Waals surface area contributed by atoms with Gasteiger partial charge in [0.2, 0.25) is 0 Å². The molecule has 0 unspecified atom stereocenters. The minimum absolute atomic E-state index is 0.235. The molecular formula is C15H17ClN4O2. The Bertz CT molecular complexity index is 631. The first-order chi connectivity index (χ1) is 10.5. The van der Waals surface area contributed by atoms with Crippen molar-refractivity contribution in [2.45, 2.75) is 19.1 Å². The first-order valence-corrected chi connectivity index (χ1v) is 7.15. The van der Waals surface area contributed by atoms with Gasteiger partial charge in [-0.1, -0.05) is 23.7 Å². The van der Waals surface area contributed by atoms with Crippen LogP contribution in [0.25, 0.3) is 0 Å². The second kappa shape index (κ2) is 7.20. The molecule has 1 amide bonds. The molecule has 116 valence electrons. The van der Waals surface area contributed by atoms with Gasteiger partial charge in [0.1, 0.15) is 5.82 Å². The zero-order chi connectivity index (χ0) is 16.1. The largest absolute Gasteiger partial charge is 0.386 e. The van der Waals surface area contributed by atoms with E-state index in [2.05, 4.69) is 20.8 Å². The van der Waals surface area contributed by atoms with Crippen LogP contribution in [-0.4, -0.2) is 34.3 Å². The van der Waals surface area contributed by atoms with E-state index in [4.69, 9.17) is 11.6 Å². The van der Waals surface area contributed by atoms with Gasteiger partial charge in [0.15, 0.2) is 5.69 Å². The Balaban J connectivity index is 2.03. The number of rotatable bonds is 5. The monoisotopic (exact) mass is 320 g/mol. The molecule has 7 heteroatoms. The third-order valence-corrected chi connectivity index (χ3v) is 3.44. The third kappa shape index (κ3) is 3.93. The molecule has 0 spiro atoms. The number of hydrogen-bond donors (Lipinski definition) is 3. The SMILES string of the molecule is CNC(=O)c1ccc(N[C@@H](C)[C@H](O)c2ccc(Cl)cc2)nn1. The summed E-state index contributed by atoms with van der Waals surface area (Å²) in [5.74, 6) is 0.182. The number of nitrogens with one attached hydrogen (secondary N) is 2. The fourth-order valence-electron chi connectivity index (χ4n) is 1.92. The Kier molecular flexibility index (Phi) is 5.30. The number of aromatic nitrogens is 2. The number of aliphatic hydroxyl groups is 1. The zero-order valence-electron chi connectivity index (χ0n) is 12.2. The summed E-state index contributed by atoms with van der Waals surface area (Å²) in [6.07, 6.45) is -0.724. The number of nitrogens with zero attached hydrogens (tertiary/aromatic N) is 2. The molecule has 3 N–H and O–H groups in total. The number of carbonyl (C=O) groups excluding carboxylic acids is 1. The Hall–Kier alpha value is -2.18. The van der Waals surface area contributed by atoms with Gasteiger partial charge in [0, 0.05) is 12.1 Å². The molecule has 1 aromatic heterocycles. The number of aliphatic hydroxyl groups excluding tert-OH is 1. The van der Waals surface area contributed by atoms with Crippen LogP contribution in [0.4, 0.5) is 5.82 Å². The Morgan fingerprint density at radius 1 is 1.18 bits per heavy atom. The van der Waals surface area contributed by atoms with Crippen LogP contribution in [0.1, 0.15) is 29.1 Å². The molecule has 1 aromatic carbocycles. The summed E-state index contributed by atoms with van der Waals surface area (Å²) in [6, 6.07) is 9.91. The average Bonchev–Trinajstić information content (AvgIpc) is 2.54. The standard InChI is InChI=1S/C15H17ClN4O2/c1-9(14(21)10-3-5-11(16)6-4-10)18-13-8-7-12(19-20-13)15(22)17-2/h3-9,14,21H,1-2H3,(H,17,22)(H,18,20)/t9-,14-/m0/s1. The first kappa shape index (κ1) is 16.2. The molecule has 2 rings (SSSR count). The van der Waals surface area contributed by atoms with Crippen molar-refractivity contribution in [3.05, 3.63) is 52.7 Å². The average molecular weight is 321 g/mol. The molecule has 2 aromatic rings. The van der Waals surface area contributed by atoms with Crippen molar-refractivity contribution in [1.82, 2.24) is 15.5 Å². The summed E-state index contributed by atoms with van der Waals surface area (Å²) >= 11 is 5.83. The summed E-state index contributed by atoms with van der Waals surface area (Å²) in [5, 5.41) is 24.2. The summed E-state index contributed by atoms with van der Waals surface area (Å²) in [4.78, 5) is 11.4. The molecule has 0 bridgehead atoms. The van der Waals surface area contributed by atoms with Crippen LogP contribution in [0.15, 0.2) is 36.4 Å². The van der Waals surface area contributed by atoms with Crippen LogP contribution in [-0.2, 0) is 0 Å². The van der Waals surface area contributed by atoms with E-state index >= 15 is 0 Å². The molecule has 22 heavy (non-hydrogen) atoms. The van der Waals surface area contributed by atoms with Gasteiger partial charge in [-0.15, -0.1) is 10.2 Å². The molecule has 0 aliphatic heterocycles. The Morgan fingerprint density at radius 3 is 2.41 bits per heavy atom. The van der Waals surface area contributed by atoms with Crippen LogP contribution < -0.4 is 10.6 Å². The lowest BCUT2D eigenvalue weighted by Crippen LogP contribution is -2.25. The van der Waals surface area contributed by atoms with E-state index in [1.807, 2.05) is 6.92 Å². The number of halogens is 1. The van der Waals surface area contributed by atoms with Crippen molar-refractivity contribution >= 4 is 23.3 Å². The minimum Gasteiger partial charge on any atom is -0.386 e. The van der Waals surface area contributed by atoms with Gasteiger partial charge in [-0.25, -0.2) is 0 Å². The minimum atomic E-state index is -0.724. The second-order valence-corrected chi connectivity index (χ2v) is 5.25. The summed E-state index contributed by atoms with van der Waals surface area (Å²) in [6.45, 7) is 1.83. The molecule has 0 saturated heterocycles. The van der Waals surface area contributed by atoms with Gasteiger partial charge in [-0.05, 0) is 36.8 Å². The summed E-state index contributed by atoms with van der Waals surface area (Å²) in [5.41, 5.74) is 0.985. The van der Waals surface area contributed by atoms with E-state index in [9.17, 15) is 9.90 Å². The van der Waals surface area contributed by atoms with Crippen LogP contribution in [0.2, 0.25) is 5.02 Å². The van der Waals surface area contributed by atoms with E-state index < -0.39 is 6.10 Å². The fraction of sp³-hybridized carbons (Fsp3) is 0.267. The van der Waals surface area contributed by atoms with Gasteiger partial charge in [0.05, 0.1) is 12.1 Å². The van der Waals surface area contributed by atoms with E-state index in [0.717, 1.165) is 5.56 Å². The number of amides is 1. The quantitative estimate of drug-likeness (QED) is 0.784. The number of benzene rings is 1. The Morgan fingerprint density at radius 2 is 1.86 bits per heavy atom. The predicted octanol–water partition coefficient (Wildman–Crippen LogP) is 2.02. The van der Waals surface area contributed by atoms with Crippen LogP contribution in [0.5, 0.6) is 0 Å². The molecule has 2 atom stereocenters. The van der Waals surface area contributed by atoms with Crippen LogP contribution in [0, 0.1) is 0 Å². The second-order valence-electron chi connectivity index (χ2n) is 4.81. The maximum Gasteiger partial charge on any atom is 0.271 e. The van der Waals surface area contributed by atoms with Crippen molar-refractivity contribution in [1.29, 1.82) is 0 Å². The first-order valence-electron chi connectivity index (χ1n) is 6.77. The van der Waals surface area contributed by atoms with E-state index in [0.29, 0.717) is 10.8 Å². The highest BCUT2D eigenvalue weighted by Crippen LogP contribution is 2.21. The fourth-order valence-corrected chi connectivity index (χ4v) is 2.05. The van der Waals surface area contributed by atoms with Crippen molar-refractivity contribution in [2.24, 2.45) is 0 Å². The highest BCUT2D eigenvalue weighted by Gasteiger charge is 2.17. The topological polar surface area (TPSA) is 87.1 Å². The zero-order valence-corrected chi connectivity index (χ0v) is 13.0. The van der Waals surface area contributed by atoms with Crippen molar-refractivity contribution < 1.29 is 9.90 Å². The lowest BCUT2D eigenvalue weighted by Gasteiger charge is -2.21. The van der Waals surface area contributed by atoms with Gasteiger partial charge in [-0.3, -0.25) is 4.79 Å². The highest BCUT2D eigenvalue weighted by atomic mass is 35.5. The van der Waals surface area contributed by atoms with E-state index in [1.165, 1.54) is 7.05 Å². The number of anilines is 1. The molecule has 6 nitrogen and oxygen atoms in total. The van der Waals surface area contributed by atoms with Crippen LogP contribution >= 0.6 is 11.6 Å². The van der Waals surface area contributed by atoms with Gasteiger partial charge in [-0.2, -0.15) is 0 Å². The number of carbonyl (C=O) groups is 1. The summed E-state index contributed by atoms with van der Waals surface area (Å²) in [7, 11) is 1.53. The van der Waals surface area contributed by atoms with Gasteiger partial charge in [0.25, 0.3) is 5.91 Å². The van der Waals surface area contributed by atoms with E-state index in [-0.39, 0.29) is 17.6 Å². The Labute approximate surface area is 133 Å². The third-order valence-electron chi connectivity index (χ3n) is 3.18. The van der Waals surface area contributed by atoms with Gasteiger partial charge >= 0.3 is 0 Å². The molecule has 0 aliphatic rings. The number of hydrogen-bond acceptors (Lipinski definition) is 5. The van der Waals surface area contributed by atoms with Gasteiger partial charge < -0.3 is 15.7 Å². The molecule has 0 radical (unpaired) electrons. The van der Waals surface area contributed by atoms with Crippen molar-refractivity contribution in [3.8, 4) is 0 Å². The molecule has 0 fully saturated rings. The maximum absolute atomic E-state index is 11.4. The molecule has 0 aliphatic carbocycles. The normalized spacial score (nSPS) is 13.3. The molecular weight excluding hydrogens is 304 g/mol. The lowest BCUT2D eigenvalue weighted by atomic mass is 10.0. The predicted molar refractivity (Wildman–Crippen MR) is 84.9 cm³/mol. The maximum atomic E-state index is 11.4.